The molecule has 1 amide bonds. The molecule has 2 rings (SSSR count). The highest BCUT2D eigenvalue weighted by atomic mass is 16.5. The van der Waals surface area contributed by atoms with Crippen LogP contribution >= 0.6 is 0 Å². The molecule has 0 atom stereocenters. The van der Waals surface area contributed by atoms with Gasteiger partial charge in [-0.25, -0.2) is 5.84 Å². The zero-order valence-corrected chi connectivity index (χ0v) is 13.2. The predicted molar refractivity (Wildman–Crippen MR) is 86.4 cm³/mol. The Bertz CT molecular complexity index is 642. The van der Waals surface area contributed by atoms with E-state index in [-0.39, 0.29) is 18.9 Å². The van der Waals surface area contributed by atoms with Crippen molar-refractivity contribution < 1.29 is 14.6 Å². The molecule has 7 heteroatoms. The van der Waals surface area contributed by atoms with Gasteiger partial charge in [0.25, 0.3) is 0 Å². The van der Waals surface area contributed by atoms with Crippen LogP contribution in [0, 0.1) is 0 Å². The number of aryl methyl sites for hydroxylation is 1. The van der Waals surface area contributed by atoms with Crippen LogP contribution in [0.4, 0.5) is 0 Å². The number of rotatable bonds is 8. The number of aliphatic hydroxyl groups is 1. The fraction of sp³-hybridized carbons (Fsp3) is 0.375. The average Bonchev–Trinajstić information content (AvgIpc) is 2.99. The summed E-state index contributed by atoms with van der Waals surface area (Å²) in [4.78, 5) is 11.6. The molecule has 3 N–H and O–H groups in total. The molecule has 0 spiro atoms. The molecule has 1 aromatic carbocycles. The van der Waals surface area contributed by atoms with Crippen LogP contribution in [-0.4, -0.2) is 45.6 Å². The number of benzene rings is 1. The molecule has 0 bridgehead atoms. The summed E-state index contributed by atoms with van der Waals surface area (Å²) in [5.74, 6) is 6.17. The van der Waals surface area contributed by atoms with Crippen LogP contribution in [0.5, 0.6) is 5.75 Å². The summed E-state index contributed by atoms with van der Waals surface area (Å²) in [6, 6.07) is 7.67. The van der Waals surface area contributed by atoms with Crippen molar-refractivity contribution in [2.45, 2.75) is 12.8 Å². The van der Waals surface area contributed by atoms with Crippen molar-refractivity contribution >= 4 is 5.91 Å². The molecule has 0 fully saturated rings. The second-order valence-corrected chi connectivity index (χ2v) is 5.19. The minimum absolute atomic E-state index is 0.0167. The number of ether oxygens (including phenoxy) is 1. The van der Waals surface area contributed by atoms with E-state index < -0.39 is 0 Å². The molecule has 23 heavy (non-hydrogen) atoms. The summed E-state index contributed by atoms with van der Waals surface area (Å²) < 4.78 is 7.39. The third-order valence-electron chi connectivity index (χ3n) is 3.34. The molecule has 124 valence electrons. The van der Waals surface area contributed by atoms with Gasteiger partial charge in [-0.15, -0.1) is 0 Å². The number of nitrogens with two attached hydrogens (primary N) is 1. The number of carbonyl (C=O) groups excluding carboxylic acids is 1. The maximum absolute atomic E-state index is 11.6. The summed E-state index contributed by atoms with van der Waals surface area (Å²) >= 11 is 0. The van der Waals surface area contributed by atoms with E-state index in [1.54, 1.807) is 10.9 Å². The Kier molecular flexibility index (Phi) is 6.13. The minimum atomic E-state index is -0.202. The summed E-state index contributed by atoms with van der Waals surface area (Å²) in [5, 5.41) is 14.0. The lowest BCUT2D eigenvalue weighted by molar-refractivity contribution is -0.132. The van der Waals surface area contributed by atoms with Crippen molar-refractivity contribution in [3.8, 4) is 16.9 Å². The maximum atomic E-state index is 11.6. The number of hydrogen-bond donors (Lipinski definition) is 2. The second-order valence-electron chi connectivity index (χ2n) is 5.19. The molecule has 0 aliphatic carbocycles. The number of hydrazine groups is 1. The second kappa shape index (κ2) is 8.30. The van der Waals surface area contributed by atoms with Crippen LogP contribution in [0.25, 0.3) is 11.1 Å². The first-order valence-corrected chi connectivity index (χ1v) is 7.48. The lowest BCUT2D eigenvalue weighted by Gasteiger charge is -2.16. The van der Waals surface area contributed by atoms with Gasteiger partial charge in [0, 0.05) is 31.8 Å². The molecule has 0 radical (unpaired) electrons. The smallest absolute Gasteiger partial charge is 0.236 e. The normalized spacial score (nSPS) is 10.6. The molecular weight excluding hydrogens is 296 g/mol. The van der Waals surface area contributed by atoms with Gasteiger partial charge in [0.05, 0.1) is 12.7 Å². The van der Waals surface area contributed by atoms with E-state index in [4.69, 9.17) is 15.7 Å². The molecule has 1 aromatic heterocycles. The van der Waals surface area contributed by atoms with Crippen LogP contribution in [0.2, 0.25) is 0 Å². The Labute approximate surface area is 135 Å². The lowest BCUT2D eigenvalue weighted by Crippen LogP contribution is -2.40. The SMILES string of the molecule is Cn1cc(-c2cccc(OCCN(N)C(=O)CCCO)c2)cn1. The van der Waals surface area contributed by atoms with Gasteiger partial charge in [0.1, 0.15) is 12.4 Å². The van der Waals surface area contributed by atoms with Gasteiger partial charge in [-0.05, 0) is 24.1 Å². The average molecular weight is 318 g/mol. The molecule has 0 aliphatic rings. The van der Waals surface area contributed by atoms with Crippen LogP contribution in [0.3, 0.4) is 0 Å². The largest absolute Gasteiger partial charge is 0.492 e. The number of amides is 1. The molecule has 7 nitrogen and oxygen atoms in total. The topological polar surface area (TPSA) is 93.6 Å². The molecule has 0 saturated heterocycles. The van der Waals surface area contributed by atoms with Gasteiger partial charge in [-0.1, -0.05) is 12.1 Å². The van der Waals surface area contributed by atoms with Crippen LogP contribution in [0.15, 0.2) is 36.7 Å². The summed E-state index contributed by atoms with van der Waals surface area (Å²) in [7, 11) is 1.87. The number of carbonyl (C=O) groups is 1. The first-order valence-electron chi connectivity index (χ1n) is 7.48. The zero-order chi connectivity index (χ0) is 16.7. The van der Waals surface area contributed by atoms with E-state index in [0.717, 1.165) is 16.1 Å². The Hall–Kier alpha value is -2.38. The zero-order valence-electron chi connectivity index (χ0n) is 13.2. The molecule has 1 heterocycles. The molecule has 0 aliphatic heterocycles. The minimum Gasteiger partial charge on any atom is -0.492 e. The van der Waals surface area contributed by atoms with Gasteiger partial charge in [-0.3, -0.25) is 14.5 Å². The van der Waals surface area contributed by atoms with Crippen molar-refractivity contribution in [2.75, 3.05) is 19.8 Å². The molecular formula is C16H22N4O3. The first kappa shape index (κ1) is 17.0. The highest BCUT2D eigenvalue weighted by molar-refractivity contribution is 5.75. The number of hydrogen-bond acceptors (Lipinski definition) is 5. The Morgan fingerprint density at radius 3 is 2.96 bits per heavy atom. The molecule has 0 saturated carbocycles. The number of aromatic nitrogens is 2. The van der Waals surface area contributed by atoms with Crippen molar-refractivity contribution in [3.63, 3.8) is 0 Å². The van der Waals surface area contributed by atoms with E-state index in [2.05, 4.69) is 5.10 Å². The van der Waals surface area contributed by atoms with Crippen molar-refractivity contribution in [1.29, 1.82) is 0 Å². The van der Waals surface area contributed by atoms with E-state index in [0.29, 0.717) is 25.3 Å². The Morgan fingerprint density at radius 1 is 1.43 bits per heavy atom. The summed E-state index contributed by atoms with van der Waals surface area (Å²) in [6.45, 7) is 0.580. The van der Waals surface area contributed by atoms with Crippen LogP contribution < -0.4 is 10.6 Å². The molecule has 2 aromatic rings. The fourth-order valence-corrected chi connectivity index (χ4v) is 2.10. The summed E-state index contributed by atoms with van der Waals surface area (Å²) in [5.41, 5.74) is 2.02. The van der Waals surface area contributed by atoms with E-state index >= 15 is 0 Å². The maximum Gasteiger partial charge on any atom is 0.236 e. The van der Waals surface area contributed by atoms with Gasteiger partial charge in [0.2, 0.25) is 5.91 Å². The quantitative estimate of drug-likeness (QED) is 0.429. The molecule has 0 unspecified atom stereocenters. The van der Waals surface area contributed by atoms with Gasteiger partial charge < -0.3 is 9.84 Å². The van der Waals surface area contributed by atoms with E-state index in [1.165, 1.54) is 0 Å². The monoisotopic (exact) mass is 318 g/mol. The number of nitrogens with zero attached hydrogens (tertiary/aromatic N) is 3. The van der Waals surface area contributed by atoms with Gasteiger partial charge in [0.15, 0.2) is 0 Å². The van der Waals surface area contributed by atoms with Crippen molar-refractivity contribution in [3.05, 3.63) is 36.7 Å². The Morgan fingerprint density at radius 2 is 2.26 bits per heavy atom. The highest BCUT2D eigenvalue weighted by Crippen LogP contribution is 2.23. The Balaban J connectivity index is 1.85. The predicted octanol–water partition coefficient (Wildman–Crippen LogP) is 0.941. The lowest BCUT2D eigenvalue weighted by atomic mass is 10.1. The highest BCUT2D eigenvalue weighted by Gasteiger charge is 2.09. The van der Waals surface area contributed by atoms with Gasteiger partial charge >= 0.3 is 0 Å². The third kappa shape index (κ3) is 5.08. The van der Waals surface area contributed by atoms with E-state index in [9.17, 15) is 4.79 Å². The van der Waals surface area contributed by atoms with E-state index in [1.807, 2.05) is 37.5 Å². The first-order chi connectivity index (χ1) is 11.1. The number of aliphatic hydroxyl groups excluding tert-OH is 1. The summed E-state index contributed by atoms with van der Waals surface area (Å²) in [6.07, 6.45) is 4.38. The van der Waals surface area contributed by atoms with Crippen LogP contribution in [-0.2, 0) is 11.8 Å². The standard InChI is InChI=1S/C16H22N4O3/c1-19-12-14(11-18-19)13-4-2-5-15(10-13)23-9-7-20(17)16(22)6-3-8-21/h2,4-5,10-12,21H,3,6-9,17H2,1H3. The van der Waals surface area contributed by atoms with Crippen LogP contribution in [0.1, 0.15) is 12.8 Å². The third-order valence-corrected chi connectivity index (χ3v) is 3.34. The van der Waals surface area contributed by atoms with Crippen molar-refractivity contribution in [1.82, 2.24) is 14.8 Å². The van der Waals surface area contributed by atoms with Gasteiger partial charge in [-0.2, -0.15) is 5.10 Å². The van der Waals surface area contributed by atoms with Crippen molar-refractivity contribution in [2.24, 2.45) is 12.9 Å². The fourth-order valence-electron chi connectivity index (χ4n) is 2.10.